The molecular weight excluding hydrogens is 191 g/mol. The summed E-state index contributed by atoms with van der Waals surface area (Å²) in [7, 11) is 2.12. The lowest BCUT2D eigenvalue weighted by molar-refractivity contribution is 0.465. The van der Waals surface area contributed by atoms with Gasteiger partial charge in [0.15, 0.2) is 0 Å². The predicted octanol–water partition coefficient (Wildman–Crippen LogP) is 1.55. The molecule has 80 valence electrons. The van der Waals surface area contributed by atoms with Gasteiger partial charge in [0, 0.05) is 19.3 Å². The fourth-order valence-corrected chi connectivity index (χ4v) is 2.92. The van der Waals surface area contributed by atoms with E-state index in [4.69, 9.17) is 0 Å². The lowest BCUT2D eigenvalue weighted by atomic mass is 9.93. The van der Waals surface area contributed by atoms with Gasteiger partial charge in [0.05, 0.1) is 5.54 Å². The van der Waals surface area contributed by atoms with Gasteiger partial charge in [-0.25, -0.2) is 4.39 Å². The van der Waals surface area contributed by atoms with Gasteiger partial charge < -0.3 is 10.2 Å². The van der Waals surface area contributed by atoms with Crippen molar-refractivity contribution in [3.63, 3.8) is 0 Å². The summed E-state index contributed by atoms with van der Waals surface area (Å²) in [5.74, 6) is -0.120. The van der Waals surface area contributed by atoms with E-state index < -0.39 is 0 Å². The van der Waals surface area contributed by atoms with E-state index in [0.717, 1.165) is 31.5 Å². The molecule has 0 saturated carbocycles. The quantitative estimate of drug-likeness (QED) is 0.693. The van der Waals surface area contributed by atoms with Crippen molar-refractivity contribution >= 4 is 5.69 Å². The Morgan fingerprint density at radius 2 is 2.33 bits per heavy atom. The van der Waals surface area contributed by atoms with Crippen LogP contribution in [0.5, 0.6) is 0 Å². The monoisotopic (exact) mass is 206 g/mol. The number of halogens is 1. The topological polar surface area (TPSA) is 15.3 Å². The summed E-state index contributed by atoms with van der Waals surface area (Å²) in [4.78, 5) is 2.32. The predicted molar refractivity (Wildman–Crippen MR) is 58.7 cm³/mol. The minimum atomic E-state index is -0.120. The van der Waals surface area contributed by atoms with Gasteiger partial charge in [0.1, 0.15) is 5.82 Å². The molecule has 1 atom stereocenters. The summed E-state index contributed by atoms with van der Waals surface area (Å²) in [6.45, 7) is 2.08. The van der Waals surface area contributed by atoms with Gasteiger partial charge in [0.25, 0.3) is 0 Å². The van der Waals surface area contributed by atoms with Crippen LogP contribution in [0.15, 0.2) is 18.2 Å². The Hall–Kier alpha value is -1.09. The van der Waals surface area contributed by atoms with E-state index in [-0.39, 0.29) is 11.4 Å². The Morgan fingerprint density at radius 1 is 1.47 bits per heavy atom. The highest BCUT2D eigenvalue weighted by atomic mass is 19.1. The second-order valence-corrected chi connectivity index (χ2v) is 4.66. The molecule has 0 bridgehead atoms. The first-order valence-corrected chi connectivity index (χ1v) is 5.44. The highest BCUT2D eigenvalue weighted by molar-refractivity contribution is 5.61. The first kappa shape index (κ1) is 9.16. The number of nitrogens with zero attached hydrogens (tertiary/aromatic N) is 1. The number of hydrogen-bond donors (Lipinski definition) is 1. The van der Waals surface area contributed by atoms with Gasteiger partial charge in [0.2, 0.25) is 0 Å². The van der Waals surface area contributed by atoms with Crippen LogP contribution in [-0.4, -0.2) is 25.7 Å². The Balaban J connectivity index is 2.04. The van der Waals surface area contributed by atoms with Crippen LogP contribution in [-0.2, 0) is 6.42 Å². The first-order valence-electron chi connectivity index (χ1n) is 5.44. The summed E-state index contributed by atoms with van der Waals surface area (Å²) in [5, 5.41) is 3.40. The molecule has 15 heavy (non-hydrogen) atoms. The number of benzene rings is 1. The molecule has 0 radical (unpaired) electrons. The standard InChI is InChI=1S/C12H15FN2/c1-15-11-3-2-10(13)6-9(11)7-12(15)4-5-14-8-12/h2-3,6,14H,4-5,7-8H2,1H3. The number of nitrogens with one attached hydrogen (secondary N) is 1. The van der Waals surface area contributed by atoms with Gasteiger partial charge in [-0.2, -0.15) is 0 Å². The molecule has 1 N–H and O–H groups in total. The molecule has 2 heterocycles. The van der Waals surface area contributed by atoms with Gasteiger partial charge >= 0.3 is 0 Å². The lowest BCUT2D eigenvalue weighted by Crippen LogP contribution is -2.46. The minimum absolute atomic E-state index is 0.120. The van der Waals surface area contributed by atoms with Gasteiger partial charge in [-0.3, -0.25) is 0 Å². The molecule has 3 rings (SSSR count). The van der Waals surface area contributed by atoms with Crippen LogP contribution in [0.1, 0.15) is 12.0 Å². The fraction of sp³-hybridized carbons (Fsp3) is 0.500. The molecule has 1 aromatic rings. The minimum Gasteiger partial charge on any atom is -0.367 e. The van der Waals surface area contributed by atoms with Gasteiger partial charge in [-0.15, -0.1) is 0 Å². The van der Waals surface area contributed by atoms with Crippen LogP contribution in [0.2, 0.25) is 0 Å². The van der Waals surface area contributed by atoms with Crippen molar-refractivity contribution in [2.75, 3.05) is 25.0 Å². The molecule has 1 fully saturated rings. The Labute approximate surface area is 89.1 Å². The van der Waals surface area contributed by atoms with Crippen LogP contribution in [0.25, 0.3) is 0 Å². The molecule has 3 heteroatoms. The SMILES string of the molecule is CN1c2ccc(F)cc2CC12CCNC2. The summed E-state index contributed by atoms with van der Waals surface area (Å²) in [5.41, 5.74) is 2.55. The average Bonchev–Trinajstić information content (AvgIpc) is 2.76. The maximum Gasteiger partial charge on any atom is 0.123 e. The van der Waals surface area contributed by atoms with Crippen molar-refractivity contribution in [1.29, 1.82) is 0 Å². The largest absolute Gasteiger partial charge is 0.367 e. The summed E-state index contributed by atoms with van der Waals surface area (Å²) in [6, 6.07) is 5.13. The van der Waals surface area contributed by atoms with Crippen LogP contribution >= 0.6 is 0 Å². The van der Waals surface area contributed by atoms with E-state index in [9.17, 15) is 4.39 Å². The van der Waals surface area contributed by atoms with Gasteiger partial charge in [-0.1, -0.05) is 0 Å². The lowest BCUT2D eigenvalue weighted by Gasteiger charge is -2.33. The van der Waals surface area contributed by atoms with E-state index in [2.05, 4.69) is 17.3 Å². The van der Waals surface area contributed by atoms with E-state index in [1.54, 1.807) is 12.1 Å². The molecule has 0 aliphatic carbocycles. The highest BCUT2D eigenvalue weighted by Gasteiger charge is 2.43. The van der Waals surface area contributed by atoms with Crippen molar-refractivity contribution in [3.05, 3.63) is 29.6 Å². The normalized spacial score (nSPS) is 28.8. The highest BCUT2D eigenvalue weighted by Crippen LogP contribution is 2.40. The van der Waals surface area contributed by atoms with E-state index in [0.29, 0.717) is 0 Å². The third kappa shape index (κ3) is 1.19. The maximum absolute atomic E-state index is 13.1. The summed E-state index contributed by atoms with van der Waals surface area (Å²) >= 11 is 0. The fourth-order valence-electron chi connectivity index (χ4n) is 2.92. The van der Waals surface area contributed by atoms with Crippen LogP contribution in [0.4, 0.5) is 10.1 Å². The third-order valence-corrected chi connectivity index (χ3v) is 3.86. The van der Waals surface area contributed by atoms with Gasteiger partial charge in [-0.05, 0) is 43.1 Å². The number of hydrogen-bond acceptors (Lipinski definition) is 2. The van der Waals surface area contributed by atoms with Crippen LogP contribution < -0.4 is 10.2 Å². The molecule has 1 spiro atoms. The first-order chi connectivity index (χ1) is 7.21. The van der Waals surface area contributed by atoms with Crippen molar-refractivity contribution < 1.29 is 4.39 Å². The van der Waals surface area contributed by atoms with E-state index >= 15 is 0 Å². The zero-order valence-corrected chi connectivity index (χ0v) is 8.89. The van der Waals surface area contributed by atoms with E-state index in [1.807, 2.05) is 6.07 Å². The van der Waals surface area contributed by atoms with Crippen molar-refractivity contribution in [2.45, 2.75) is 18.4 Å². The van der Waals surface area contributed by atoms with Crippen molar-refractivity contribution in [1.82, 2.24) is 5.32 Å². The second kappa shape index (κ2) is 2.95. The molecule has 2 aliphatic rings. The Morgan fingerprint density at radius 3 is 3.07 bits per heavy atom. The third-order valence-electron chi connectivity index (χ3n) is 3.86. The molecule has 0 amide bonds. The summed E-state index contributed by atoms with van der Waals surface area (Å²) < 4.78 is 13.1. The zero-order valence-electron chi connectivity index (χ0n) is 8.89. The molecule has 0 aromatic heterocycles. The maximum atomic E-state index is 13.1. The zero-order chi connectivity index (χ0) is 10.5. The van der Waals surface area contributed by atoms with Crippen molar-refractivity contribution in [3.8, 4) is 0 Å². The van der Waals surface area contributed by atoms with Crippen LogP contribution in [0.3, 0.4) is 0 Å². The van der Waals surface area contributed by atoms with Crippen molar-refractivity contribution in [2.24, 2.45) is 0 Å². The smallest absolute Gasteiger partial charge is 0.123 e. The molecule has 1 aromatic carbocycles. The number of rotatable bonds is 0. The number of likely N-dealkylation sites (N-methyl/N-ethyl adjacent to an activating group) is 1. The molecule has 1 saturated heterocycles. The second-order valence-electron chi connectivity index (χ2n) is 4.66. The Kier molecular flexibility index (Phi) is 1.80. The van der Waals surface area contributed by atoms with Crippen LogP contribution in [0, 0.1) is 5.82 Å². The average molecular weight is 206 g/mol. The summed E-state index contributed by atoms with van der Waals surface area (Å²) in [6.07, 6.45) is 2.13. The molecule has 2 nitrogen and oxygen atoms in total. The molecular formula is C12H15FN2. The number of fused-ring (bicyclic) bond motifs is 1. The molecule has 1 unspecified atom stereocenters. The number of anilines is 1. The van der Waals surface area contributed by atoms with E-state index in [1.165, 1.54) is 5.69 Å². The Bertz CT molecular complexity index is 397. The molecule has 2 aliphatic heterocycles.